The fourth-order valence-corrected chi connectivity index (χ4v) is 2.46. The minimum absolute atomic E-state index is 0.0696. The number of halogens is 4. The first-order chi connectivity index (χ1) is 11.9. The Morgan fingerprint density at radius 1 is 0.920 bits per heavy atom. The molecule has 0 spiro atoms. The Morgan fingerprint density at radius 2 is 1.52 bits per heavy atom. The molecule has 2 aromatic carbocycles. The first-order valence-corrected chi connectivity index (χ1v) is 7.05. The summed E-state index contributed by atoms with van der Waals surface area (Å²) in [4.78, 5) is 0. The van der Waals surface area contributed by atoms with E-state index in [0.29, 0.717) is 0 Å². The Labute approximate surface area is 141 Å². The number of aliphatic hydroxyl groups excluding tert-OH is 1. The topological polar surface area (TPSA) is 47.9 Å². The number of ether oxygens (including phenoxy) is 3. The molecule has 0 saturated heterocycles. The number of hydrogen-bond acceptors (Lipinski definition) is 4. The summed E-state index contributed by atoms with van der Waals surface area (Å²) in [6.07, 6.45) is 0. The van der Waals surface area contributed by atoms with Crippen molar-refractivity contribution in [3.63, 3.8) is 0 Å². The molecule has 0 saturated carbocycles. The summed E-state index contributed by atoms with van der Waals surface area (Å²) in [5, 5.41) is 9.47. The van der Waals surface area contributed by atoms with Crippen molar-refractivity contribution >= 4 is 0 Å². The molecule has 0 aromatic heterocycles. The minimum Gasteiger partial charge on any atom is -0.496 e. The molecule has 0 bridgehead atoms. The second-order valence-electron chi connectivity index (χ2n) is 4.79. The molecule has 4 nitrogen and oxygen atoms in total. The van der Waals surface area contributed by atoms with Crippen molar-refractivity contribution in [3.8, 4) is 28.4 Å². The summed E-state index contributed by atoms with van der Waals surface area (Å²) >= 11 is 0. The summed E-state index contributed by atoms with van der Waals surface area (Å²) < 4.78 is 71.6. The van der Waals surface area contributed by atoms with E-state index in [1.165, 1.54) is 26.4 Å². The van der Waals surface area contributed by atoms with E-state index in [-0.39, 0.29) is 22.6 Å². The van der Waals surface area contributed by atoms with Gasteiger partial charge in [-0.25, -0.2) is 8.78 Å². The van der Waals surface area contributed by atoms with Crippen molar-refractivity contribution in [3.05, 3.63) is 47.9 Å². The number of aliphatic hydroxyl groups is 1. The average molecular weight is 359 g/mol. The Bertz CT molecular complexity index is 764. The van der Waals surface area contributed by atoms with Gasteiger partial charge in [-0.2, -0.15) is 8.78 Å². The van der Waals surface area contributed by atoms with Gasteiger partial charge in [-0.1, -0.05) is 0 Å². The molecule has 0 unspecified atom stereocenters. The molecule has 2 rings (SSSR count). The van der Waals surface area contributed by atoms with Crippen LogP contribution in [0.4, 0.5) is 17.6 Å². The summed E-state index contributed by atoms with van der Waals surface area (Å²) in [7, 11) is 2.50. The second kappa shape index (κ2) is 7.60. The molecule has 0 heterocycles. The fraction of sp³-hybridized carbons (Fsp3) is 0.235. The SMILES string of the molecule is [CH2]COc1c(F)c(F)c(-c2ccc(OC)c(CO)c2OC)c(F)c1F. The lowest BCUT2D eigenvalue weighted by molar-refractivity contribution is 0.265. The smallest absolute Gasteiger partial charge is 0.204 e. The average Bonchev–Trinajstić information content (AvgIpc) is 2.63. The van der Waals surface area contributed by atoms with E-state index in [9.17, 15) is 22.7 Å². The van der Waals surface area contributed by atoms with Crippen LogP contribution in [0.1, 0.15) is 5.56 Å². The van der Waals surface area contributed by atoms with Crippen LogP contribution >= 0.6 is 0 Å². The van der Waals surface area contributed by atoms with Gasteiger partial charge in [0, 0.05) is 5.56 Å². The van der Waals surface area contributed by atoms with Gasteiger partial charge in [0.25, 0.3) is 0 Å². The lowest BCUT2D eigenvalue weighted by Crippen LogP contribution is -2.07. The lowest BCUT2D eigenvalue weighted by atomic mass is 9.98. The molecule has 0 amide bonds. The largest absolute Gasteiger partial charge is 0.496 e. The Hall–Kier alpha value is -2.48. The zero-order valence-electron chi connectivity index (χ0n) is 13.5. The van der Waals surface area contributed by atoms with Crippen LogP contribution in [-0.4, -0.2) is 25.9 Å². The van der Waals surface area contributed by atoms with E-state index >= 15 is 0 Å². The van der Waals surface area contributed by atoms with E-state index in [0.717, 1.165) is 0 Å². The van der Waals surface area contributed by atoms with Gasteiger partial charge >= 0.3 is 0 Å². The molecule has 135 valence electrons. The van der Waals surface area contributed by atoms with Crippen LogP contribution in [0.3, 0.4) is 0 Å². The molecule has 0 aliphatic carbocycles. The molecule has 2 aromatic rings. The molecule has 25 heavy (non-hydrogen) atoms. The van der Waals surface area contributed by atoms with Crippen molar-refractivity contribution in [2.45, 2.75) is 6.61 Å². The predicted octanol–water partition coefficient (Wildman–Crippen LogP) is 3.63. The molecular weight excluding hydrogens is 344 g/mol. The van der Waals surface area contributed by atoms with E-state index in [1.54, 1.807) is 0 Å². The fourth-order valence-electron chi connectivity index (χ4n) is 2.46. The highest BCUT2D eigenvalue weighted by Crippen LogP contribution is 2.43. The molecule has 0 aliphatic heterocycles. The number of hydrogen-bond donors (Lipinski definition) is 1. The number of rotatable bonds is 6. The van der Waals surface area contributed by atoms with Crippen LogP contribution in [0.2, 0.25) is 0 Å². The van der Waals surface area contributed by atoms with Crippen molar-refractivity contribution in [1.29, 1.82) is 0 Å². The van der Waals surface area contributed by atoms with Gasteiger partial charge in [0.1, 0.15) is 11.5 Å². The van der Waals surface area contributed by atoms with Crippen molar-refractivity contribution in [2.24, 2.45) is 0 Å². The van der Waals surface area contributed by atoms with Gasteiger partial charge in [0.2, 0.25) is 11.6 Å². The van der Waals surface area contributed by atoms with Crippen molar-refractivity contribution in [1.82, 2.24) is 0 Å². The molecular formula is C17H15F4O4. The van der Waals surface area contributed by atoms with Crippen LogP contribution in [0, 0.1) is 30.2 Å². The van der Waals surface area contributed by atoms with Crippen LogP contribution < -0.4 is 14.2 Å². The molecule has 1 N–H and O–H groups in total. The maximum Gasteiger partial charge on any atom is 0.204 e. The highest BCUT2D eigenvalue weighted by Gasteiger charge is 2.30. The van der Waals surface area contributed by atoms with Crippen molar-refractivity contribution < 1.29 is 36.9 Å². The van der Waals surface area contributed by atoms with Crippen LogP contribution in [-0.2, 0) is 6.61 Å². The van der Waals surface area contributed by atoms with Crippen LogP contribution in [0.25, 0.3) is 11.1 Å². The van der Waals surface area contributed by atoms with E-state index < -0.39 is 47.8 Å². The van der Waals surface area contributed by atoms with E-state index in [2.05, 4.69) is 11.7 Å². The normalized spacial score (nSPS) is 10.7. The first-order valence-electron chi connectivity index (χ1n) is 7.05. The second-order valence-corrected chi connectivity index (χ2v) is 4.79. The van der Waals surface area contributed by atoms with Crippen LogP contribution in [0.5, 0.6) is 17.2 Å². The maximum atomic E-state index is 14.4. The Balaban J connectivity index is 2.84. The summed E-state index contributed by atoms with van der Waals surface area (Å²) in [5.74, 6) is -7.89. The third-order valence-electron chi connectivity index (χ3n) is 3.54. The third kappa shape index (κ3) is 3.09. The third-order valence-corrected chi connectivity index (χ3v) is 3.54. The highest BCUT2D eigenvalue weighted by molar-refractivity contribution is 5.76. The Morgan fingerprint density at radius 3 is 1.96 bits per heavy atom. The monoisotopic (exact) mass is 359 g/mol. The predicted molar refractivity (Wildman–Crippen MR) is 81.6 cm³/mol. The number of benzene rings is 2. The zero-order valence-corrected chi connectivity index (χ0v) is 13.5. The van der Waals surface area contributed by atoms with Gasteiger partial charge < -0.3 is 19.3 Å². The van der Waals surface area contributed by atoms with Gasteiger partial charge in [-0.05, 0) is 19.1 Å². The summed E-state index contributed by atoms with van der Waals surface area (Å²) in [5.41, 5.74) is -1.21. The number of methoxy groups -OCH3 is 2. The molecule has 0 aliphatic rings. The summed E-state index contributed by atoms with van der Waals surface area (Å²) in [6, 6.07) is 2.46. The lowest BCUT2D eigenvalue weighted by Gasteiger charge is -2.18. The highest BCUT2D eigenvalue weighted by atomic mass is 19.2. The first kappa shape index (κ1) is 18.9. The molecule has 0 fully saturated rings. The van der Waals surface area contributed by atoms with Gasteiger partial charge in [0.05, 0.1) is 38.6 Å². The van der Waals surface area contributed by atoms with E-state index in [4.69, 9.17) is 9.47 Å². The maximum absolute atomic E-state index is 14.4. The molecule has 8 heteroatoms. The van der Waals surface area contributed by atoms with Gasteiger partial charge in [-0.15, -0.1) is 0 Å². The quantitative estimate of drug-likeness (QED) is 0.632. The molecule has 1 radical (unpaired) electrons. The van der Waals surface area contributed by atoms with Crippen LogP contribution in [0.15, 0.2) is 12.1 Å². The van der Waals surface area contributed by atoms with Crippen molar-refractivity contribution in [2.75, 3.05) is 20.8 Å². The zero-order chi connectivity index (χ0) is 18.7. The standard InChI is InChI=1S/C17H15F4O4/c1-4-25-17-14(20)12(18)11(13(19)15(17)21)8-5-6-10(23-2)9(7-22)16(8)24-3/h5-6,22H,1,4,7H2,2-3H3. The van der Waals surface area contributed by atoms with Gasteiger partial charge in [0.15, 0.2) is 17.4 Å². The minimum atomic E-state index is -1.69. The van der Waals surface area contributed by atoms with Gasteiger partial charge in [-0.3, -0.25) is 0 Å². The summed E-state index contributed by atoms with van der Waals surface area (Å²) in [6.45, 7) is 2.20. The Kier molecular flexibility index (Phi) is 5.73. The van der Waals surface area contributed by atoms with E-state index in [1.807, 2.05) is 0 Å². The molecule has 0 atom stereocenters.